The van der Waals surface area contributed by atoms with Crippen molar-refractivity contribution in [2.45, 2.75) is 32.2 Å². The lowest BCUT2D eigenvalue weighted by Crippen LogP contribution is -2.29. The van der Waals surface area contributed by atoms with Gasteiger partial charge in [0.2, 0.25) is 0 Å². The van der Waals surface area contributed by atoms with Crippen LogP contribution >= 0.6 is 0 Å². The number of aromatic nitrogens is 2. The molecule has 0 saturated carbocycles. The summed E-state index contributed by atoms with van der Waals surface area (Å²) in [6.45, 7) is 2.18. The Balaban J connectivity index is 2.61. The smallest absolute Gasteiger partial charge is 0.0946 e. The molecule has 0 aromatic carbocycles. The van der Waals surface area contributed by atoms with Gasteiger partial charge in [0, 0.05) is 13.2 Å². The second kappa shape index (κ2) is 4.99. The van der Waals surface area contributed by atoms with Crippen molar-refractivity contribution in [2.75, 3.05) is 0 Å². The van der Waals surface area contributed by atoms with Crippen LogP contribution in [0.1, 0.15) is 37.9 Å². The minimum Gasteiger partial charge on any atom is -0.336 e. The number of unbranched alkanes of at least 4 members (excludes halogenated alkanes) is 1. The van der Waals surface area contributed by atoms with Crippen molar-refractivity contribution in [1.29, 1.82) is 0 Å². The average Bonchev–Trinajstić information content (AvgIpc) is 2.54. The number of nitrogens with one attached hydrogen (secondary N) is 1. The molecule has 4 nitrogen and oxygen atoms in total. The van der Waals surface area contributed by atoms with E-state index in [-0.39, 0.29) is 6.04 Å². The van der Waals surface area contributed by atoms with Crippen LogP contribution in [0.15, 0.2) is 12.5 Å². The molecule has 1 unspecified atom stereocenters. The van der Waals surface area contributed by atoms with E-state index in [1.54, 1.807) is 6.33 Å². The Kier molecular flexibility index (Phi) is 3.92. The predicted octanol–water partition coefficient (Wildman–Crippen LogP) is 1.11. The van der Waals surface area contributed by atoms with E-state index in [0.717, 1.165) is 12.1 Å². The van der Waals surface area contributed by atoms with Crippen LogP contribution in [0.4, 0.5) is 0 Å². The predicted molar refractivity (Wildman–Crippen MR) is 52.8 cm³/mol. The first kappa shape index (κ1) is 10.2. The number of nitrogens with zero attached hydrogens (tertiary/aromatic N) is 2. The number of aryl methyl sites for hydroxylation is 1. The number of imidazole rings is 1. The summed E-state index contributed by atoms with van der Waals surface area (Å²) in [5.74, 6) is 5.48. The van der Waals surface area contributed by atoms with E-state index >= 15 is 0 Å². The highest BCUT2D eigenvalue weighted by molar-refractivity contribution is 5.04. The Morgan fingerprint density at radius 3 is 2.92 bits per heavy atom. The summed E-state index contributed by atoms with van der Waals surface area (Å²) in [7, 11) is 1.98. The Hall–Kier alpha value is -0.870. The molecule has 3 N–H and O–H groups in total. The standard InChI is InChI=1S/C9H18N4/c1-3-4-5-8(12-10)9-6-11-7-13(9)2/h6-8,12H,3-5,10H2,1-2H3. The largest absolute Gasteiger partial charge is 0.336 e. The van der Waals surface area contributed by atoms with Crippen LogP contribution in [0.2, 0.25) is 0 Å². The van der Waals surface area contributed by atoms with E-state index in [1.165, 1.54) is 12.8 Å². The first-order valence-corrected chi connectivity index (χ1v) is 4.72. The van der Waals surface area contributed by atoms with Gasteiger partial charge in [0.1, 0.15) is 0 Å². The highest BCUT2D eigenvalue weighted by Gasteiger charge is 2.11. The minimum absolute atomic E-state index is 0.229. The van der Waals surface area contributed by atoms with E-state index in [2.05, 4.69) is 17.3 Å². The van der Waals surface area contributed by atoms with E-state index in [4.69, 9.17) is 5.84 Å². The highest BCUT2D eigenvalue weighted by Crippen LogP contribution is 2.16. The summed E-state index contributed by atoms with van der Waals surface area (Å²) in [6, 6.07) is 0.229. The molecule has 0 saturated heterocycles. The van der Waals surface area contributed by atoms with Crippen molar-refractivity contribution in [1.82, 2.24) is 15.0 Å². The van der Waals surface area contributed by atoms with Gasteiger partial charge in [-0.05, 0) is 6.42 Å². The molecule has 74 valence electrons. The van der Waals surface area contributed by atoms with Crippen LogP contribution < -0.4 is 11.3 Å². The number of hydrazine groups is 1. The second-order valence-electron chi connectivity index (χ2n) is 3.29. The molecule has 1 atom stereocenters. The minimum atomic E-state index is 0.229. The number of hydrogen-bond donors (Lipinski definition) is 2. The van der Waals surface area contributed by atoms with Gasteiger partial charge in [-0.3, -0.25) is 11.3 Å². The summed E-state index contributed by atoms with van der Waals surface area (Å²) in [5.41, 5.74) is 3.97. The van der Waals surface area contributed by atoms with Gasteiger partial charge in [-0.15, -0.1) is 0 Å². The fourth-order valence-electron chi connectivity index (χ4n) is 1.43. The molecular weight excluding hydrogens is 164 g/mol. The van der Waals surface area contributed by atoms with Gasteiger partial charge >= 0.3 is 0 Å². The third kappa shape index (κ3) is 2.54. The summed E-state index contributed by atoms with van der Waals surface area (Å²) >= 11 is 0. The van der Waals surface area contributed by atoms with Crippen molar-refractivity contribution in [3.63, 3.8) is 0 Å². The highest BCUT2D eigenvalue weighted by atomic mass is 15.2. The fourth-order valence-corrected chi connectivity index (χ4v) is 1.43. The Labute approximate surface area is 79.1 Å². The van der Waals surface area contributed by atoms with E-state index in [1.807, 2.05) is 17.8 Å². The monoisotopic (exact) mass is 182 g/mol. The molecule has 13 heavy (non-hydrogen) atoms. The summed E-state index contributed by atoms with van der Waals surface area (Å²) in [4.78, 5) is 4.07. The van der Waals surface area contributed by atoms with Crippen molar-refractivity contribution in [2.24, 2.45) is 12.9 Å². The molecule has 0 fully saturated rings. The number of rotatable bonds is 5. The van der Waals surface area contributed by atoms with E-state index in [9.17, 15) is 0 Å². The van der Waals surface area contributed by atoms with Crippen LogP contribution in [0.25, 0.3) is 0 Å². The lowest BCUT2D eigenvalue weighted by molar-refractivity contribution is 0.473. The number of hydrogen-bond acceptors (Lipinski definition) is 3. The molecule has 0 bridgehead atoms. The molecule has 4 heteroatoms. The molecule has 1 heterocycles. The van der Waals surface area contributed by atoms with Crippen molar-refractivity contribution >= 4 is 0 Å². The van der Waals surface area contributed by atoms with E-state index < -0.39 is 0 Å². The third-order valence-corrected chi connectivity index (χ3v) is 2.26. The Bertz CT molecular complexity index is 244. The lowest BCUT2D eigenvalue weighted by Gasteiger charge is -2.15. The maximum Gasteiger partial charge on any atom is 0.0946 e. The first-order chi connectivity index (χ1) is 6.29. The molecule has 1 rings (SSSR count). The van der Waals surface area contributed by atoms with E-state index in [0.29, 0.717) is 0 Å². The lowest BCUT2D eigenvalue weighted by atomic mass is 10.1. The normalized spacial score (nSPS) is 13.2. The molecular formula is C9H18N4. The first-order valence-electron chi connectivity index (χ1n) is 4.72. The van der Waals surface area contributed by atoms with Gasteiger partial charge in [-0.1, -0.05) is 19.8 Å². The molecule has 0 amide bonds. The maximum atomic E-state index is 5.48. The van der Waals surface area contributed by atoms with Gasteiger partial charge in [-0.25, -0.2) is 4.98 Å². The van der Waals surface area contributed by atoms with Crippen molar-refractivity contribution in [3.8, 4) is 0 Å². The SMILES string of the molecule is CCCCC(NN)c1cncn1C. The average molecular weight is 182 g/mol. The summed E-state index contributed by atoms with van der Waals surface area (Å²) < 4.78 is 2.00. The van der Waals surface area contributed by atoms with Crippen LogP contribution in [0.3, 0.4) is 0 Å². The molecule has 1 aromatic rings. The molecule has 0 aliphatic rings. The molecule has 1 aromatic heterocycles. The van der Waals surface area contributed by atoms with Crippen LogP contribution in [0.5, 0.6) is 0 Å². The second-order valence-corrected chi connectivity index (χ2v) is 3.29. The molecule has 0 aliphatic carbocycles. The number of nitrogens with two attached hydrogens (primary N) is 1. The van der Waals surface area contributed by atoms with Gasteiger partial charge in [-0.2, -0.15) is 0 Å². The van der Waals surface area contributed by atoms with Crippen LogP contribution in [-0.2, 0) is 7.05 Å². The maximum absolute atomic E-state index is 5.48. The summed E-state index contributed by atoms with van der Waals surface area (Å²) in [6.07, 6.45) is 7.09. The van der Waals surface area contributed by atoms with Gasteiger partial charge < -0.3 is 4.57 Å². The molecule has 0 radical (unpaired) electrons. The zero-order chi connectivity index (χ0) is 9.68. The zero-order valence-electron chi connectivity index (χ0n) is 8.33. The van der Waals surface area contributed by atoms with Gasteiger partial charge in [0.05, 0.1) is 18.1 Å². The van der Waals surface area contributed by atoms with Gasteiger partial charge in [0.25, 0.3) is 0 Å². The Morgan fingerprint density at radius 2 is 2.46 bits per heavy atom. The topological polar surface area (TPSA) is 55.9 Å². The zero-order valence-corrected chi connectivity index (χ0v) is 8.33. The van der Waals surface area contributed by atoms with Crippen molar-refractivity contribution < 1.29 is 0 Å². The quantitative estimate of drug-likeness (QED) is 0.530. The molecule has 0 spiro atoms. The van der Waals surface area contributed by atoms with Crippen LogP contribution in [0, 0.1) is 0 Å². The van der Waals surface area contributed by atoms with Crippen molar-refractivity contribution in [3.05, 3.63) is 18.2 Å². The summed E-state index contributed by atoms with van der Waals surface area (Å²) in [5, 5.41) is 0. The third-order valence-electron chi connectivity index (χ3n) is 2.26. The van der Waals surface area contributed by atoms with Crippen LogP contribution in [-0.4, -0.2) is 9.55 Å². The van der Waals surface area contributed by atoms with Gasteiger partial charge in [0.15, 0.2) is 0 Å². The fraction of sp³-hybridized carbons (Fsp3) is 0.667. The Morgan fingerprint density at radius 1 is 1.69 bits per heavy atom. The molecule has 0 aliphatic heterocycles.